The third kappa shape index (κ3) is 1.12. The van der Waals surface area contributed by atoms with Crippen molar-refractivity contribution in [3.05, 3.63) is 11.9 Å². The van der Waals surface area contributed by atoms with E-state index in [2.05, 4.69) is 5.10 Å². The van der Waals surface area contributed by atoms with Gasteiger partial charge in [0, 0.05) is 0 Å². The van der Waals surface area contributed by atoms with Crippen molar-refractivity contribution in [2.45, 2.75) is 6.54 Å². The molecule has 5 heteroatoms. The molecule has 0 aliphatic heterocycles. The second-order valence-electron chi connectivity index (χ2n) is 1.88. The first-order valence-electron chi connectivity index (χ1n) is 2.88. The fourth-order valence-corrected chi connectivity index (χ4v) is 0.709. The molecule has 0 aliphatic rings. The zero-order chi connectivity index (χ0) is 8.27. The molecule has 0 bridgehead atoms. The number of rotatable bonds is 1. The van der Waals surface area contributed by atoms with Gasteiger partial charge < -0.3 is 5.73 Å². The molecule has 0 aliphatic carbocycles. The first-order valence-corrected chi connectivity index (χ1v) is 2.88. The van der Waals surface area contributed by atoms with Crippen molar-refractivity contribution in [3.63, 3.8) is 0 Å². The smallest absolute Gasteiger partial charge is 0.162 e. The molecule has 0 radical (unpaired) electrons. The quantitative estimate of drug-likeness (QED) is 0.598. The molecule has 0 saturated carbocycles. The summed E-state index contributed by atoms with van der Waals surface area (Å²) >= 11 is 0. The Bertz CT molecular complexity index is 337. The second-order valence-corrected chi connectivity index (χ2v) is 1.88. The number of hydrogen-bond acceptors (Lipinski definition) is 4. The number of nitriles is 2. The third-order valence-electron chi connectivity index (χ3n) is 1.19. The van der Waals surface area contributed by atoms with Crippen molar-refractivity contribution < 1.29 is 0 Å². The zero-order valence-electron chi connectivity index (χ0n) is 5.65. The van der Waals surface area contributed by atoms with Gasteiger partial charge in [0.1, 0.15) is 12.6 Å². The minimum absolute atomic E-state index is 0.0556. The van der Waals surface area contributed by atoms with Gasteiger partial charge in [-0.1, -0.05) is 0 Å². The molecule has 1 aromatic rings. The van der Waals surface area contributed by atoms with Crippen LogP contribution in [0.2, 0.25) is 0 Å². The highest BCUT2D eigenvalue weighted by atomic mass is 15.3. The molecule has 0 saturated heterocycles. The van der Waals surface area contributed by atoms with Gasteiger partial charge in [0.05, 0.1) is 18.0 Å². The fourth-order valence-electron chi connectivity index (χ4n) is 0.709. The van der Waals surface area contributed by atoms with Crippen LogP contribution in [0.5, 0.6) is 0 Å². The van der Waals surface area contributed by atoms with E-state index in [0.29, 0.717) is 5.69 Å². The highest BCUT2D eigenvalue weighted by Crippen LogP contribution is 2.07. The second kappa shape index (κ2) is 2.72. The van der Waals surface area contributed by atoms with Gasteiger partial charge in [-0.2, -0.15) is 15.6 Å². The molecule has 0 aromatic carbocycles. The maximum Gasteiger partial charge on any atom is 0.162 e. The Morgan fingerprint density at radius 3 is 2.91 bits per heavy atom. The van der Waals surface area contributed by atoms with E-state index in [4.69, 9.17) is 16.3 Å². The van der Waals surface area contributed by atoms with Crippen molar-refractivity contribution in [3.8, 4) is 12.1 Å². The molecular formula is C6H5N5. The van der Waals surface area contributed by atoms with Crippen LogP contribution in [0.15, 0.2) is 6.20 Å². The average Bonchev–Trinajstić information content (AvgIpc) is 2.33. The molecule has 1 aromatic heterocycles. The molecule has 1 rings (SSSR count). The predicted molar refractivity (Wildman–Crippen MR) is 37.0 cm³/mol. The molecule has 0 spiro atoms. The van der Waals surface area contributed by atoms with Gasteiger partial charge in [-0.15, -0.1) is 0 Å². The van der Waals surface area contributed by atoms with Crippen LogP contribution in [0.1, 0.15) is 5.69 Å². The van der Waals surface area contributed by atoms with Crippen LogP contribution in [0, 0.1) is 22.7 Å². The lowest BCUT2D eigenvalue weighted by atomic mass is 10.4. The van der Waals surface area contributed by atoms with Crippen LogP contribution in [0.4, 0.5) is 5.69 Å². The van der Waals surface area contributed by atoms with Crippen LogP contribution in [-0.2, 0) is 6.54 Å². The summed E-state index contributed by atoms with van der Waals surface area (Å²) in [5.74, 6) is 0. The first-order chi connectivity index (χ1) is 5.29. The van der Waals surface area contributed by atoms with Crippen molar-refractivity contribution in [1.29, 1.82) is 10.5 Å². The van der Waals surface area contributed by atoms with E-state index < -0.39 is 0 Å². The number of nitrogens with two attached hydrogens (primary N) is 1. The van der Waals surface area contributed by atoms with Gasteiger partial charge in [-0.3, -0.25) is 0 Å². The topological polar surface area (TPSA) is 91.4 Å². The van der Waals surface area contributed by atoms with E-state index >= 15 is 0 Å². The molecule has 2 N–H and O–H groups in total. The van der Waals surface area contributed by atoms with E-state index in [1.165, 1.54) is 10.9 Å². The summed E-state index contributed by atoms with van der Waals surface area (Å²) in [6, 6.07) is 3.72. The van der Waals surface area contributed by atoms with Crippen LogP contribution in [0.3, 0.4) is 0 Å². The van der Waals surface area contributed by atoms with Gasteiger partial charge in [0.25, 0.3) is 0 Å². The maximum absolute atomic E-state index is 8.51. The Morgan fingerprint density at radius 2 is 2.36 bits per heavy atom. The summed E-state index contributed by atoms with van der Waals surface area (Å²) in [5, 5.41) is 20.5. The van der Waals surface area contributed by atoms with E-state index in [9.17, 15) is 0 Å². The summed E-state index contributed by atoms with van der Waals surface area (Å²) in [7, 11) is 0. The molecule has 0 unspecified atom stereocenters. The summed E-state index contributed by atoms with van der Waals surface area (Å²) in [4.78, 5) is 0. The van der Waals surface area contributed by atoms with Crippen molar-refractivity contribution in [2.75, 3.05) is 5.73 Å². The monoisotopic (exact) mass is 147 g/mol. The Morgan fingerprint density at radius 1 is 1.64 bits per heavy atom. The largest absolute Gasteiger partial charge is 0.395 e. The summed E-state index contributed by atoms with van der Waals surface area (Å²) in [5.41, 5.74) is 5.92. The van der Waals surface area contributed by atoms with Gasteiger partial charge in [0.2, 0.25) is 0 Å². The van der Waals surface area contributed by atoms with Crippen LogP contribution in [-0.4, -0.2) is 9.78 Å². The minimum atomic E-state index is 0.0556. The Hall–Kier alpha value is -2.01. The number of nitrogens with zero attached hydrogens (tertiary/aromatic N) is 4. The van der Waals surface area contributed by atoms with Gasteiger partial charge in [-0.05, 0) is 0 Å². The number of hydrogen-bond donors (Lipinski definition) is 1. The lowest BCUT2D eigenvalue weighted by molar-refractivity contribution is 0.700. The molecule has 0 fully saturated rings. The fraction of sp³-hybridized carbons (Fsp3) is 0.167. The zero-order valence-corrected chi connectivity index (χ0v) is 5.65. The van der Waals surface area contributed by atoms with E-state index in [-0.39, 0.29) is 12.2 Å². The maximum atomic E-state index is 8.51. The van der Waals surface area contributed by atoms with Gasteiger partial charge in [0.15, 0.2) is 5.69 Å². The molecule has 11 heavy (non-hydrogen) atoms. The van der Waals surface area contributed by atoms with Crippen LogP contribution < -0.4 is 5.73 Å². The van der Waals surface area contributed by atoms with E-state index in [0.717, 1.165) is 0 Å². The van der Waals surface area contributed by atoms with Crippen LogP contribution in [0.25, 0.3) is 0 Å². The van der Waals surface area contributed by atoms with Crippen molar-refractivity contribution >= 4 is 5.69 Å². The number of aromatic nitrogens is 2. The van der Waals surface area contributed by atoms with E-state index in [1.807, 2.05) is 12.1 Å². The summed E-state index contributed by atoms with van der Waals surface area (Å²) in [6.45, 7) is 0.0556. The summed E-state index contributed by atoms with van der Waals surface area (Å²) < 4.78 is 1.26. The molecule has 0 atom stereocenters. The molecule has 0 amide bonds. The summed E-state index contributed by atoms with van der Waals surface area (Å²) in [6.07, 6.45) is 1.36. The van der Waals surface area contributed by atoms with Gasteiger partial charge >= 0.3 is 0 Å². The SMILES string of the molecule is N#CCn1ncc(N)c1C#N. The normalized spacial score (nSPS) is 8.55. The molecular weight excluding hydrogens is 142 g/mol. The van der Waals surface area contributed by atoms with Crippen molar-refractivity contribution in [2.24, 2.45) is 0 Å². The molecule has 54 valence electrons. The Labute approximate surface area is 63.3 Å². The first kappa shape index (κ1) is 7.10. The van der Waals surface area contributed by atoms with Gasteiger partial charge in [-0.25, -0.2) is 4.68 Å². The Balaban J connectivity index is 3.10. The standard InChI is InChI=1S/C6H5N5/c7-1-2-11-6(3-8)5(9)4-10-11/h4H,2,9H2. The average molecular weight is 147 g/mol. The third-order valence-corrected chi connectivity index (χ3v) is 1.19. The predicted octanol–water partition coefficient (Wildman–Crippen LogP) is -0.139. The van der Waals surface area contributed by atoms with Crippen LogP contribution >= 0.6 is 0 Å². The lowest BCUT2D eigenvalue weighted by Gasteiger charge is -1.92. The minimum Gasteiger partial charge on any atom is -0.395 e. The Kier molecular flexibility index (Phi) is 1.75. The lowest BCUT2D eigenvalue weighted by Crippen LogP contribution is -2.01. The number of anilines is 1. The highest BCUT2D eigenvalue weighted by molar-refractivity contribution is 5.48. The molecule has 1 heterocycles. The van der Waals surface area contributed by atoms with E-state index in [1.54, 1.807) is 0 Å². The molecule has 5 nitrogen and oxygen atoms in total. The highest BCUT2D eigenvalue weighted by Gasteiger charge is 2.05. The van der Waals surface area contributed by atoms with Crippen molar-refractivity contribution in [1.82, 2.24) is 9.78 Å². The number of nitrogen functional groups attached to an aromatic ring is 1.